The number of amides is 1. The highest BCUT2D eigenvalue weighted by atomic mass is 16.7. The van der Waals surface area contributed by atoms with Crippen molar-refractivity contribution in [1.82, 2.24) is 5.32 Å². The van der Waals surface area contributed by atoms with E-state index in [2.05, 4.69) is 5.32 Å². The first-order valence-corrected chi connectivity index (χ1v) is 9.43. The van der Waals surface area contributed by atoms with Gasteiger partial charge in [0.15, 0.2) is 6.29 Å². The Balaban J connectivity index is 2.17. The molecule has 4 unspecified atom stereocenters. The Morgan fingerprint density at radius 1 is 1.11 bits per heavy atom. The predicted molar refractivity (Wildman–Crippen MR) is 95.0 cm³/mol. The summed E-state index contributed by atoms with van der Waals surface area (Å²) >= 11 is 0. The molecule has 11 heteroatoms. The summed E-state index contributed by atoms with van der Waals surface area (Å²) in [6.45, 7) is 4.10. The van der Waals surface area contributed by atoms with Crippen molar-refractivity contribution in [3.63, 3.8) is 0 Å². The average Bonchev–Trinajstić information content (AvgIpc) is 2.66. The van der Waals surface area contributed by atoms with Crippen LogP contribution in [-0.4, -0.2) is 107 Å². The number of carbonyl (C=O) groups is 1. The Kier molecular flexibility index (Phi) is 8.55. The van der Waals surface area contributed by atoms with Crippen LogP contribution in [0.1, 0.15) is 20.8 Å². The third kappa shape index (κ3) is 4.99. The first kappa shape index (κ1) is 23.4. The molecule has 11 nitrogen and oxygen atoms in total. The molecule has 2 aliphatic heterocycles. The summed E-state index contributed by atoms with van der Waals surface area (Å²) in [5.41, 5.74) is 6.04. The van der Waals surface area contributed by atoms with Crippen LogP contribution in [-0.2, 0) is 23.7 Å². The minimum absolute atomic E-state index is 0.290. The molecule has 0 radical (unpaired) electrons. The molecule has 0 aromatic rings. The zero-order valence-corrected chi connectivity index (χ0v) is 16.3. The van der Waals surface area contributed by atoms with Crippen LogP contribution in [0.25, 0.3) is 0 Å². The van der Waals surface area contributed by atoms with Crippen LogP contribution in [0.3, 0.4) is 0 Å². The molecule has 2 rings (SSSR count). The van der Waals surface area contributed by atoms with Crippen molar-refractivity contribution in [3.8, 4) is 0 Å². The normalized spacial score (nSPS) is 44.3. The smallest absolute Gasteiger partial charge is 0.217 e. The largest absolute Gasteiger partial charge is 0.394 e. The van der Waals surface area contributed by atoms with Crippen LogP contribution in [0.15, 0.2) is 0 Å². The van der Waals surface area contributed by atoms with E-state index in [1.54, 1.807) is 13.8 Å². The van der Waals surface area contributed by atoms with E-state index in [4.69, 9.17) is 24.7 Å². The van der Waals surface area contributed by atoms with Gasteiger partial charge in [0, 0.05) is 13.5 Å². The second-order valence-corrected chi connectivity index (χ2v) is 7.09. The lowest BCUT2D eigenvalue weighted by Crippen LogP contribution is -2.68. The van der Waals surface area contributed by atoms with Crippen molar-refractivity contribution >= 4 is 5.91 Å². The van der Waals surface area contributed by atoms with Gasteiger partial charge in [-0.1, -0.05) is 0 Å². The molecule has 0 aliphatic carbocycles. The van der Waals surface area contributed by atoms with Gasteiger partial charge in [-0.05, 0) is 13.8 Å². The Morgan fingerprint density at radius 3 is 2.25 bits per heavy atom. The second kappa shape index (κ2) is 10.2. The molecule has 1 amide bonds. The van der Waals surface area contributed by atoms with E-state index < -0.39 is 74.3 Å². The van der Waals surface area contributed by atoms with Crippen molar-refractivity contribution in [2.45, 2.75) is 81.9 Å². The van der Waals surface area contributed by atoms with Gasteiger partial charge in [-0.25, -0.2) is 0 Å². The fourth-order valence-electron chi connectivity index (χ4n) is 3.66. The Bertz CT molecular complexity index is 509. The summed E-state index contributed by atoms with van der Waals surface area (Å²) in [5, 5.41) is 43.0. The highest BCUT2D eigenvalue weighted by molar-refractivity contribution is 5.73. The van der Waals surface area contributed by atoms with Gasteiger partial charge in [0.25, 0.3) is 0 Å². The Morgan fingerprint density at radius 2 is 1.71 bits per heavy atom. The monoisotopic (exact) mass is 408 g/mol. The number of hydrogen-bond acceptors (Lipinski definition) is 10. The minimum atomic E-state index is -1.23. The van der Waals surface area contributed by atoms with Crippen LogP contribution >= 0.6 is 0 Å². The number of aliphatic hydroxyl groups excluding tert-OH is 4. The van der Waals surface area contributed by atoms with Gasteiger partial charge in [0.05, 0.1) is 31.4 Å². The molecular weight excluding hydrogens is 376 g/mol. The molecule has 10 atom stereocenters. The highest BCUT2D eigenvalue weighted by Crippen LogP contribution is 2.29. The summed E-state index contributed by atoms with van der Waals surface area (Å²) in [5.74, 6) is -0.360. The fraction of sp³-hybridized carbons (Fsp3) is 0.941. The maximum atomic E-state index is 11.4. The molecule has 0 saturated carbocycles. The van der Waals surface area contributed by atoms with E-state index in [1.165, 1.54) is 6.92 Å². The van der Waals surface area contributed by atoms with Gasteiger partial charge in [-0.2, -0.15) is 0 Å². The summed E-state index contributed by atoms with van der Waals surface area (Å²) in [6.07, 6.45) is -7.91. The van der Waals surface area contributed by atoms with Gasteiger partial charge in [-0.15, -0.1) is 0 Å². The summed E-state index contributed by atoms with van der Waals surface area (Å²) in [4.78, 5) is 11.4. The van der Waals surface area contributed by atoms with Gasteiger partial charge in [0.2, 0.25) is 5.91 Å². The topological polar surface area (TPSA) is 173 Å². The minimum Gasteiger partial charge on any atom is -0.394 e. The van der Waals surface area contributed by atoms with Crippen molar-refractivity contribution in [1.29, 1.82) is 0 Å². The van der Waals surface area contributed by atoms with E-state index in [0.29, 0.717) is 0 Å². The van der Waals surface area contributed by atoms with Crippen LogP contribution in [0, 0.1) is 0 Å². The Labute approximate surface area is 163 Å². The zero-order chi connectivity index (χ0) is 21.0. The van der Waals surface area contributed by atoms with E-state index in [-0.39, 0.29) is 12.5 Å². The highest BCUT2D eigenvalue weighted by Gasteiger charge is 2.50. The van der Waals surface area contributed by atoms with E-state index in [1.807, 2.05) is 0 Å². The van der Waals surface area contributed by atoms with Crippen LogP contribution in [0.2, 0.25) is 0 Å². The van der Waals surface area contributed by atoms with Crippen molar-refractivity contribution in [2.24, 2.45) is 5.73 Å². The Hall–Kier alpha value is -0.890. The summed E-state index contributed by atoms with van der Waals surface area (Å²) in [6, 6.07) is -1.82. The van der Waals surface area contributed by atoms with Crippen LogP contribution in [0.5, 0.6) is 0 Å². The second-order valence-electron chi connectivity index (χ2n) is 7.09. The first-order chi connectivity index (χ1) is 13.2. The van der Waals surface area contributed by atoms with Crippen LogP contribution < -0.4 is 11.1 Å². The molecule has 2 saturated heterocycles. The SMILES string of the molecule is CCO[C@@H]1C(CO)O[C@@H](O[C@H]2C(O)C(NC(C)=O)[C@H](C)O[C@H]2CO)C(N)[C@H]1O. The number of nitrogens with one attached hydrogen (secondary N) is 1. The van der Waals surface area contributed by atoms with E-state index in [0.717, 1.165) is 0 Å². The first-order valence-electron chi connectivity index (χ1n) is 9.43. The molecule has 28 heavy (non-hydrogen) atoms. The lowest BCUT2D eigenvalue weighted by atomic mass is 9.92. The number of hydrogen-bond donors (Lipinski definition) is 6. The molecule has 164 valence electrons. The lowest BCUT2D eigenvalue weighted by molar-refractivity contribution is -0.314. The standard InChI is InChI=1S/C17H32N2O9/c1-4-25-15-9(5-20)27-17(11(18)13(15)23)28-16-10(6-21)26-7(2)12(14(16)24)19-8(3)22/h7,9-17,20-21,23-24H,4-6,18H2,1-3H3,(H,19,22)/t7-,9?,10-,11?,12?,13+,14?,15+,16+,17-/m0/s1. The number of ether oxygens (including phenoxy) is 4. The maximum absolute atomic E-state index is 11.4. The van der Waals surface area contributed by atoms with Gasteiger partial charge >= 0.3 is 0 Å². The maximum Gasteiger partial charge on any atom is 0.217 e. The molecule has 0 aromatic heterocycles. The zero-order valence-electron chi connectivity index (χ0n) is 16.3. The van der Waals surface area contributed by atoms with Gasteiger partial charge < -0.3 is 50.4 Å². The number of rotatable bonds is 7. The lowest BCUT2D eigenvalue weighted by Gasteiger charge is -2.47. The predicted octanol–water partition coefficient (Wildman–Crippen LogP) is -3.17. The van der Waals surface area contributed by atoms with Gasteiger partial charge in [-0.3, -0.25) is 4.79 Å². The molecule has 7 N–H and O–H groups in total. The van der Waals surface area contributed by atoms with Crippen molar-refractivity contribution in [2.75, 3.05) is 19.8 Å². The molecule has 2 fully saturated rings. The van der Waals surface area contributed by atoms with Crippen molar-refractivity contribution < 1.29 is 44.2 Å². The number of carbonyl (C=O) groups excluding carboxylic acids is 1. The quantitative estimate of drug-likeness (QED) is 0.252. The molecule has 0 bridgehead atoms. The summed E-state index contributed by atoms with van der Waals surface area (Å²) < 4.78 is 22.5. The number of aliphatic hydroxyl groups is 4. The average molecular weight is 408 g/mol. The van der Waals surface area contributed by atoms with Gasteiger partial charge in [0.1, 0.15) is 36.6 Å². The molecule has 0 spiro atoms. The third-order valence-corrected chi connectivity index (χ3v) is 5.07. The van der Waals surface area contributed by atoms with Crippen LogP contribution in [0.4, 0.5) is 0 Å². The third-order valence-electron chi connectivity index (χ3n) is 5.07. The molecule has 2 heterocycles. The number of nitrogens with two attached hydrogens (primary N) is 1. The molecule has 0 aromatic carbocycles. The summed E-state index contributed by atoms with van der Waals surface area (Å²) in [7, 11) is 0. The van der Waals surface area contributed by atoms with E-state index >= 15 is 0 Å². The molecule has 2 aliphatic rings. The fourth-order valence-corrected chi connectivity index (χ4v) is 3.66. The van der Waals surface area contributed by atoms with Crippen molar-refractivity contribution in [3.05, 3.63) is 0 Å². The molecular formula is C17H32N2O9. The van der Waals surface area contributed by atoms with E-state index in [9.17, 15) is 25.2 Å².